The number of rotatable bonds is 4. The van der Waals surface area contributed by atoms with E-state index in [0.29, 0.717) is 12.2 Å². The Kier molecular flexibility index (Phi) is 3.29. The van der Waals surface area contributed by atoms with Crippen molar-refractivity contribution in [3.63, 3.8) is 0 Å². The molecular weight excluding hydrogens is 178 g/mol. The minimum atomic E-state index is -3.03. The third-order valence-electron chi connectivity index (χ3n) is 1.13. The fourth-order valence-corrected chi connectivity index (χ4v) is 0.436. The van der Waals surface area contributed by atoms with Crippen LogP contribution in [0, 0.1) is 22.7 Å². The molecule has 0 aliphatic rings. The van der Waals surface area contributed by atoms with Gasteiger partial charge >= 0.3 is 11.7 Å². The van der Waals surface area contributed by atoms with E-state index in [1.54, 1.807) is 0 Å². The van der Waals surface area contributed by atoms with Crippen LogP contribution in [-0.4, -0.2) is 11.7 Å². The topological polar surface area (TPSA) is 56.8 Å². The first-order valence-electron chi connectivity index (χ1n) is 3.13. The van der Waals surface area contributed by atoms with Gasteiger partial charge in [-0.25, -0.2) is 0 Å². The average Bonchev–Trinajstić information content (AvgIpc) is 2.17. The first kappa shape index (κ1) is 11.3. The molecule has 0 saturated carbocycles. The Hall–Kier alpha value is -1.72. The smallest absolute Gasteiger partial charge is 0.278 e. The molecule has 13 heavy (non-hydrogen) atoms. The third-order valence-corrected chi connectivity index (χ3v) is 1.13. The summed E-state index contributed by atoms with van der Waals surface area (Å²) in [5.41, 5.74) is 0. The molecule has 0 aromatic rings. The van der Waals surface area contributed by atoms with Crippen LogP contribution >= 0.6 is 0 Å². The lowest BCUT2D eigenvalue weighted by Gasteiger charge is -2.19. The molecule has 0 rings (SSSR count). The van der Waals surface area contributed by atoms with Crippen molar-refractivity contribution in [3.05, 3.63) is 25.3 Å². The summed E-state index contributed by atoms with van der Waals surface area (Å²) in [5.74, 6) is -6.06. The molecule has 2 unspecified atom stereocenters. The molecule has 0 aliphatic carbocycles. The van der Waals surface area contributed by atoms with Gasteiger partial charge in [0.25, 0.3) is 0 Å². The van der Waals surface area contributed by atoms with Crippen LogP contribution in [0.25, 0.3) is 0 Å². The Morgan fingerprint density at radius 1 is 1.08 bits per heavy atom. The fraction of sp³-hybridized carbons (Fsp3) is 0.250. The minimum Gasteiger partial charge on any atom is -0.278 e. The lowest BCUT2D eigenvalue weighted by molar-refractivity contribution is -0.173. The van der Waals surface area contributed by atoms with Crippen LogP contribution in [0.1, 0.15) is 0 Å². The van der Waals surface area contributed by atoms with Crippen molar-refractivity contribution in [2.45, 2.75) is 11.7 Å². The van der Waals surface area contributed by atoms with Crippen molar-refractivity contribution in [3.8, 4) is 12.1 Å². The van der Waals surface area contributed by atoms with E-state index in [-0.39, 0.29) is 0 Å². The Balaban J connectivity index is 4.81. The van der Waals surface area contributed by atoms with E-state index >= 15 is 0 Å². The van der Waals surface area contributed by atoms with Crippen molar-refractivity contribution in [2.75, 3.05) is 0 Å². The Morgan fingerprint density at radius 2 is 1.38 bits per heavy atom. The summed E-state index contributed by atoms with van der Waals surface area (Å²) >= 11 is 0. The van der Waals surface area contributed by atoms with Gasteiger partial charge in [-0.05, 0) is 12.2 Å². The van der Waals surface area contributed by atoms with Crippen molar-refractivity contribution < 1.29 is 13.5 Å². The maximum absolute atomic E-state index is 13.0. The van der Waals surface area contributed by atoms with Crippen LogP contribution in [-0.2, 0) is 4.74 Å². The van der Waals surface area contributed by atoms with Crippen LogP contribution in [0.5, 0.6) is 0 Å². The highest BCUT2D eigenvalue weighted by Gasteiger charge is 2.39. The van der Waals surface area contributed by atoms with E-state index in [2.05, 4.69) is 17.9 Å². The molecule has 0 aliphatic heterocycles. The largest absolute Gasteiger partial charge is 0.319 e. The first-order valence-corrected chi connectivity index (χ1v) is 3.13. The van der Waals surface area contributed by atoms with Gasteiger partial charge in [0.05, 0.1) is 0 Å². The first-order chi connectivity index (χ1) is 5.95. The van der Waals surface area contributed by atoms with E-state index in [1.165, 1.54) is 0 Å². The van der Waals surface area contributed by atoms with Gasteiger partial charge in [-0.15, -0.1) is 0 Å². The summed E-state index contributed by atoms with van der Waals surface area (Å²) < 4.78 is 29.9. The summed E-state index contributed by atoms with van der Waals surface area (Å²) in [6, 6.07) is 2.01. The van der Waals surface area contributed by atoms with Crippen molar-refractivity contribution in [1.82, 2.24) is 0 Å². The molecule has 0 aromatic heterocycles. The molecule has 0 aromatic carbocycles. The van der Waals surface area contributed by atoms with Crippen LogP contribution in [0.4, 0.5) is 8.78 Å². The molecule has 0 heterocycles. The van der Waals surface area contributed by atoms with Crippen LogP contribution in [0.2, 0.25) is 0 Å². The number of hydrogen-bond acceptors (Lipinski definition) is 3. The van der Waals surface area contributed by atoms with Gasteiger partial charge in [0.15, 0.2) is 0 Å². The van der Waals surface area contributed by atoms with Gasteiger partial charge in [-0.2, -0.15) is 19.3 Å². The molecule has 3 nitrogen and oxygen atoms in total. The highest BCUT2D eigenvalue weighted by molar-refractivity contribution is 5.13. The van der Waals surface area contributed by atoms with Gasteiger partial charge in [-0.1, -0.05) is 13.2 Å². The highest BCUT2D eigenvalue weighted by Crippen LogP contribution is 2.24. The lowest BCUT2D eigenvalue weighted by Crippen LogP contribution is -2.34. The molecule has 0 bridgehead atoms. The summed E-state index contributed by atoms with van der Waals surface area (Å²) in [5, 5.41) is 16.4. The predicted molar refractivity (Wildman–Crippen MR) is 40.4 cm³/mol. The quantitative estimate of drug-likeness (QED) is 0.625. The van der Waals surface area contributed by atoms with E-state index in [1.807, 2.05) is 0 Å². The number of ether oxygens (including phenoxy) is 1. The number of hydrogen-bond donors (Lipinski definition) is 0. The van der Waals surface area contributed by atoms with Gasteiger partial charge in [-0.3, -0.25) is 4.74 Å². The van der Waals surface area contributed by atoms with Gasteiger partial charge in [0.1, 0.15) is 12.1 Å². The zero-order chi connectivity index (χ0) is 10.5. The van der Waals surface area contributed by atoms with Crippen LogP contribution < -0.4 is 0 Å². The SMILES string of the molecule is C=CC(F)(C#N)OC(F)(C#N)C=C. The molecule has 5 heteroatoms. The van der Waals surface area contributed by atoms with E-state index in [9.17, 15) is 8.78 Å². The third kappa shape index (κ3) is 2.66. The molecule has 2 atom stereocenters. The highest BCUT2D eigenvalue weighted by atomic mass is 19.2. The Morgan fingerprint density at radius 3 is 1.54 bits per heavy atom. The maximum atomic E-state index is 13.0. The summed E-state index contributed by atoms with van der Waals surface area (Å²) in [4.78, 5) is 0. The van der Waals surface area contributed by atoms with Crippen molar-refractivity contribution in [1.29, 1.82) is 10.5 Å². The van der Waals surface area contributed by atoms with E-state index in [0.717, 1.165) is 12.1 Å². The number of alkyl halides is 2. The van der Waals surface area contributed by atoms with Gasteiger partial charge < -0.3 is 0 Å². The minimum absolute atomic E-state index is 0.447. The van der Waals surface area contributed by atoms with Crippen molar-refractivity contribution in [2.24, 2.45) is 0 Å². The van der Waals surface area contributed by atoms with E-state index in [4.69, 9.17) is 10.5 Å². The lowest BCUT2D eigenvalue weighted by atomic mass is 10.3. The second-order valence-electron chi connectivity index (χ2n) is 2.02. The number of halogens is 2. The molecule has 0 N–H and O–H groups in total. The van der Waals surface area contributed by atoms with Gasteiger partial charge in [0.2, 0.25) is 0 Å². The molecular formula is C8H6F2N2O. The summed E-state index contributed by atoms with van der Waals surface area (Å²) in [6.07, 6.45) is 0.893. The zero-order valence-corrected chi connectivity index (χ0v) is 6.63. The number of nitrogens with zero attached hydrogens (tertiary/aromatic N) is 2. The zero-order valence-electron chi connectivity index (χ0n) is 6.63. The van der Waals surface area contributed by atoms with Gasteiger partial charge in [0, 0.05) is 0 Å². The monoisotopic (exact) mass is 184 g/mol. The summed E-state index contributed by atoms with van der Waals surface area (Å²) in [7, 11) is 0. The van der Waals surface area contributed by atoms with Crippen molar-refractivity contribution >= 4 is 0 Å². The normalized spacial score (nSPS) is 18.5. The Bertz CT molecular complexity index is 274. The average molecular weight is 184 g/mol. The fourth-order valence-electron chi connectivity index (χ4n) is 0.436. The molecule has 0 radical (unpaired) electrons. The molecule has 0 saturated heterocycles. The second-order valence-corrected chi connectivity index (χ2v) is 2.02. The van der Waals surface area contributed by atoms with Crippen LogP contribution in [0.15, 0.2) is 25.3 Å². The standard InChI is InChI=1S/C8H6F2N2O/c1-3-7(9,5-11)13-8(10,4-2)6-12/h3-4H,1-2H2. The van der Waals surface area contributed by atoms with E-state index < -0.39 is 11.7 Å². The molecule has 0 fully saturated rings. The summed E-state index contributed by atoms with van der Waals surface area (Å²) in [6.45, 7) is 5.85. The number of nitriles is 2. The second kappa shape index (κ2) is 3.79. The van der Waals surface area contributed by atoms with Crippen LogP contribution in [0.3, 0.4) is 0 Å². The predicted octanol–water partition coefficient (Wildman–Crippen LogP) is 1.75. The molecule has 68 valence electrons. The molecule has 0 spiro atoms. The maximum Gasteiger partial charge on any atom is 0.319 e. The molecule has 0 amide bonds. The Labute approximate surface area is 74.1 Å².